The zero-order valence-electron chi connectivity index (χ0n) is 15.1. The highest BCUT2D eigenvalue weighted by Crippen LogP contribution is 2.26. The van der Waals surface area contributed by atoms with Gasteiger partial charge in [-0.1, -0.05) is 48.5 Å². The van der Waals surface area contributed by atoms with Gasteiger partial charge in [-0.05, 0) is 24.8 Å². The van der Waals surface area contributed by atoms with Crippen molar-refractivity contribution in [3.8, 4) is 5.75 Å². The number of amides is 1. The predicted molar refractivity (Wildman–Crippen MR) is 101 cm³/mol. The molecule has 1 atom stereocenters. The largest absolute Gasteiger partial charge is 0.434 e. The Morgan fingerprint density at radius 3 is 2.56 bits per heavy atom. The Hall–Kier alpha value is -2.73. The number of alkyl halides is 2. The summed E-state index contributed by atoms with van der Waals surface area (Å²) in [6.45, 7) is -0.771. The van der Waals surface area contributed by atoms with Crippen LogP contribution < -0.4 is 4.74 Å². The molecule has 27 heavy (non-hydrogen) atoms. The van der Waals surface area contributed by atoms with Crippen molar-refractivity contribution < 1.29 is 18.3 Å². The van der Waals surface area contributed by atoms with Gasteiger partial charge in [0.1, 0.15) is 5.75 Å². The van der Waals surface area contributed by atoms with Gasteiger partial charge in [-0.2, -0.15) is 8.78 Å². The van der Waals surface area contributed by atoms with E-state index >= 15 is 0 Å². The summed E-state index contributed by atoms with van der Waals surface area (Å²) in [6, 6.07) is 16.3. The minimum absolute atomic E-state index is 0.0466. The summed E-state index contributed by atoms with van der Waals surface area (Å²) in [6.07, 6.45) is 2.95. The average Bonchev–Trinajstić information content (AvgIpc) is 2.67. The van der Waals surface area contributed by atoms with Crippen molar-refractivity contribution in [2.24, 2.45) is 0 Å². The van der Waals surface area contributed by atoms with E-state index in [0.717, 1.165) is 18.7 Å². The lowest BCUT2D eigenvalue weighted by Crippen LogP contribution is -2.48. The fourth-order valence-corrected chi connectivity index (χ4v) is 3.22. The number of hydrogen-bond acceptors (Lipinski definition) is 3. The van der Waals surface area contributed by atoms with Crippen LogP contribution in [0.2, 0.25) is 0 Å². The molecule has 0 bridgehead atoms. The van der Waals surface area contributed by atoms with Gasteiger partial charge in [0.05, 0.1) is 6.04 Å². The number of carbonyl (C=O) groups excluding carboxylic acids is 1. The molecule has 1 heterocycles. The van der Waals surface area contributed by atoms with E-state index in [2.05, 4.69) is 9.64 Å². The predicted octanol–water partition coefficient (Wildman–Crippen LogP) is 3.82. The molecule has 1 aliphatic rings. The van der Waals surface area contributed by atoms with E-state index in [4.69, 9.17) is 0 Å². The molecule has 2 aromatic rings. The first-order valence-corrected chi connectivity index (χ1v) is 8.80. The van der Waals surface area contributed by atoms with E-state index < -0.39 is 6.61 Å². The van der Waals surface area contributed by atoms with Crippen LogP contribution >= 0.6 is 0 Å². The Morgan fingerprint density at radius 2 is 1.81 bits per heavy atom. The van der Waals surface area contributed by atoms with Gasteiger partial charge >= 0.3 is 6.61 Å². The van der Waals surface area contributed by atoms with Crippen molar-refractivity contribution in [1.29, 1.82) is 0 Å². The van der Waals surface area contributed by atoms with Crippen LogP contribution in [0.5, 0.6) is 5.75 Å². The molecule has 0 spiro atoms. The third kappa shape index (κ3) is 4.92. The molecule has 0 radical (unpaired) electrons. The van der Waals surface area contributed by atoms with Crippen LogP contribution in [0.3, 0.4) is 0 Å². The lowest BCUT2D eigenvalue weighted by atomic mass is 10.0. The second-order valence-corrected chi connectivity index (χ2v) is 6.47. The van der Waals surface area contributed by atoms with Crippen LogP contribution in [0, 0.1) is 0 Å². The maximum absolute atomic E-state index is 12.8. The number of ether oxygens (including phenoxy) is 1. The van der Waals surface area contributed by atoms with Gasteiger partial charge < -0.3 is 14.5 Å². The molecule has 1 saturated heterocycles. The van der Waals surface area contributed by atoms with Gasteiger partial charge in [-0.3, -0.25) is 4.79 Å². The van der Waals surface area contributed by atoms with Crippen molar-refractivity contribution in [1.82, 2.24) is 9.80 Å². The van der Waals surface area contributed by atoms with E-state index in [1.54, 1.807) is 18.2 Å². The van der Waals surface area contributed by atoms with Crippen molar-refractivity contribution >= 4 is 12.0 Å². The van der Waals surface area contributed by atoms with Crippen LogP contribution in [0.4, 0.5) is 8.78 Å². The van der Waals surface area contributed by atoms with Crippen LogP contribution in [-0.2, 0) is 4.79 Å². The van der Waals surface area contributed by atoms with Crippen LogP contribution in [0.1, 0.15) is 17.2 Å². The summed E-state index contributed by atoms with van der Waals surface area (Å²) in [5.74, 6) is -0.0988. The Morgan fingerprint density at radius 1 is 1.11 bits per heavy atom. The molecule has 2 aromatic carbocycles. The average molecular weight is 372 g/mol. The molecule has 0 aromatic heterocycles. The Bertz CT molecular complexity index is 796. The number of rotatable bonds is 5. The Labute approximate surface area is 157 Å². The fraction of sp³-hybridized carbons (Fsp3) is 0.286. The third-order valence-corrected chi connectivity index (χ3v) is 4.59. The van der Waals surface area contributed by atoms with Gasteiger partial charge in [-0.15, -0.1) is 0 Å². The zero-order chi connectivity index (χ0) is 19.2. The topological polar surface area (TPSA) is 32.8 Å². The molecule has 0 N–H and O–H groups in total. The van der Waals surface area contributed by atoms with E-state index in [-0.39, 0.29) is 17.7 Å². The highest BCUT2D eigenvalue weighted by atomic mass is 19.3. The molecule has 1 unspecified atom stereocenters. The van der Waals surface area contributed by atoms with Gasteiger partial charge in [-0.25, -0.2) is 0 Å². The smallest absolute Gasteiger partial charge is 0.387 e. The summed E-state index contributed by atoms with van der Waals surface area (Å²) >= 11 is 0. The van der Waals surface area contributed by atoms with E-state index in [1.807, 2.05) is 42.3 Å². The zero-order valence-corrected chi connectivity index (χ0v) is 15.1. The lowest BCUT2D eigenvalue weighted by molar-refractivity contribution is -0.130. The minimum Gasteiger partial charge on any atom is -0.434 e. The number of piperazine rings is 1. The summed E-state index contributed by atoms with van der Waals surface area (Å²) in [5, 5.41) is 0. The first-order chi connectivity index (χ1) is 13.0. The van der Waals surface area contributed by atoms with E-state index in [0.29, 0.717) is 12.1 Å². The van der Waals surface area contributed by atoms with Crippen molar-refractivity contribution in [3.05, 3.63) is 71.8 Å². The second kappa shape index (κ2) is 8.77. The van der Waals surface area contributed by atoms with Crippen molar-refractivity contribution in [2.75, 3.05) is 26.7 Å². The van der Waals surface area contributed by atoms with Crippen LogP contribution in [0.25, 0.3) is 6.08 Å². The number of benzene rings is 2. The van der Waals surface area contributed by atoms with E-state index in [9.17, 15) is 13.6 Å². The number of halogens is 2. The SMILES string of the molecule is CN1CCN(C(=O)/C=C/c2ccccc2OC(F)F)C(c2ccccc2)C1. The maximum Gasteiger partial charge on any atom is 0.387 e. The number of para-hydroxylation sites is 1. The first kappa shape index (κ1) is 19.0. The molecular weight excluding hydrogens is 350 g/mol. The van der Waals surface area contributed by atoms with Crippen LogP contribution in [-0.4, -0.2) is 49.0 Å². The van der Waals surface area contributed by atoms with Gasteiger partial charge in [0.2, 0.25) is 5.91 Å². The summed E-state index contributed by atoms with van der Waals surface area (Å²) in [7, 11) is 2.03. The molecule has 0 aliphatic carbocycles. The Kier molecular flexibility index (Phi) is 6.19. The Balaban J connectivity index is 1.79. The van der Waals surface area contributed by atoms with Gasteiger partial charge in [0.15, 0.2) is 0 Å². The van der Waals surface area contributed by atoms with Gasteiger partial charge in [0.25, 0.3) is 0 Å². The number of likely N-dealkylation sites (N-methyl/N-ethyl adjacent to an activating group) is 1. The number of hydrogen-bond donors (Lipinski definition) is 0. The summed E-state index contributed by atoms with van der Waals surface area (Å²) < 4.78 is 29.6. The third-order valence-electron chi connectivity index (χ3n) is 4.59. The molecule has 1 amide bonds. The highest BCUT2D eigenvalue weighted by molar-refractivity contribution is 5.92. The number of nitrogens with zero attached hydrogens (tertiary/aromatic N) is 2. The molecule has 1 aliphatic heterocycles. The molecular formula is C21H22F2N2O2. The lowest BCUT2D eigenvalue weighted by Gasteiger charge is -2.40. The monoisotopic (exact) mass is 372 g/mol. The van der Waals surface area contributed by atoms with Crippen molar-refractivity contribution in [3.63, 3.8) is 0 Å². The fourth-order valence-electron chi connectivity index (χ4n) is 3.22. The summed E-state index contributed by atoms with van der Waals surface area (Å²) in [5.41, 5.74) is 1.52. The standard InChI is InChI=1S/C21H22F2N2O2/c1-24-13-14-25(18(15-24)16-7-3-2-4-8-16)20(26)12-11-17-9-5-6-10-19(17)27-21(22)23/h2-12,18,21H,13-15H2,1H3/b12-11+. The summed E-state index contributed by atoms with van der Waals surface area (Å²) in [4.78, 5) is 16.8. The first-order valence-electron chi connectivity index (χ1n) is 8.80. The van der Waals surface area contributed by atoms with Crippen molar-refractivity contribution in [2.45, 2.75) is 12.7 Å². The van der Waals surface area contributed by atoms with Gasteiger partial charge in [0, 0.05) is 31.3 Å². The molecule has 142 valence electrons. The normalized spacial score (nSPS) is 18.2. The molecule has 3 rings (SSSR count). The molecule has 1 fully saturated rings. The highest BCUT2D eigenvalue weighted by Gasteiger charge is 2.29. The van der Waals surface area contributed by atoms with Crippen LogP contribution in [0.15, 0.2) is 60.7 Å². The molecule has 0 saturated carbocycles. The molecule has 4 nitrogen and oxygen atoms in total. The van der Waals surface area contributed by atoms with E-state index in [1.165, 1.54) is 18.2 Å². The quantitative estimate of drug-likeness (QED) is 0.748. The second-order valence-electron chi connectivity index (χ2n) is 6.47. The minimum atomic E-state index is -2.91. The molecule has 6 heteroatoms. The number of carbonyl (C=O) groups is 1. The maximum atomic E-state index is 12.8.